The number of halogens is 3. The SMILES string of the molecule is CN(C(=O)CNS(=O)(=O)c1cccc(C(F)(F)F)c1)c1ccccc1. The number of nitrogens with zero attached hydrogens (tertiary/aromatic N) is 1. The summed E-state index contributed by atoms with van der Waals surface area (Å²) in [4.78, 5) is 12.8. The molecule has 0 aromatic heterocycles. The molecule has 2 rings (SSSR count). The summed E-state index contributed by atoms with van der Waals surface area (Å²) in [5.41, 5.74) is -0.520. The van der Waals surface area contributed by atoms with Crippen LogP contribution in [0.2, 0.25) is 0 Å². The van der Waals surface area contributed by atoms with Crippen LogP contribution >= 0.6 is 0 Å². The van der Waals surface area contributed by atoms with Crippen LogP contribution in [0, 0.1) is 0 Å². The van der Waals surface area contributed by atoms with Crippen LogP contribution < -0.4 is 9.62 Å². The maximum Gasteiger partial charge on any atom is 0.416 e. The van der Waals surface area contributed by atoms with Gasteiger partial charge in [-0.05, 0) is 30.3 Å². The van der Waals surface area contributed by atoms with Crippen LogP contribution in [0.4, 0.5) is 18.9 Å². The van der Waals surface area contributed by atoms with Crippen LogP contribution in [-0.4, -0.2) is 27.9 Å². The molecule has 1 amide bonds. The average molecular weight is 372 g/mol. The molecule has 0 aliphatic rings. The quantitative estimate of drug-likeness (QED) is 0.878. The Balaban J connectivity index is 2.10. The van der Waals surface area contributed by atoms with Gasteiger partial charge in [-0.3, -0.25) is 4.79 Å². The number of amides is 1. The molecule has 0 aliphatic carbocycles. The highest BCUT2D eigenvalue weighted by Gasteiger charge is 2.31. The Kier molecular flexibility index (Phi) is 5.48. The van der Waals surface area contributed by atoms with Gasteiger partial charge in [-0.1, -0.05) is 24.3 Å². The minimum Gasteiger partial charge on any atom is -0.314 e. The lowest BCUT2D eigenvalue weighted by atomic mass is 10.2. The Hall–Kier alpha value is -2.39. The van der Waals surface area contributed by atoms with Gasteiger partial charge < -0.3 is 4.90 Å². The predicted octanol–water partition coefficient (Wildman–Crippen LogP) is 2.65. The van der Waals surface area contributed by atoms with Crippen molar-refractivity contribution < 1.29 is 26.4 Å². The number of nitrogens with one attached hydrogen (secondary N) is 1. The molecule has 25 heavy (non-hydrogen) atoms. The van der Waals surface area contributed by atoms with Crippen molar-refractivity contribution in [3.63, 3.8) is 0 Å². The molecule has 0 saturated heterocycles. The predicted molar refractivity (Wildman–Crippen MR) is 86.5 cm³/mol. The minimum atomic E-state index is -4.66. The first-order valence-corrected chi connectivity index (χ1v) is 8.58. The molecule has 0 unspecified atom stereocenters. The number of para-hydroxylation sites is 1. The zero-order chi connectivity index (χ0) is 18.7. The summed E-state index contributed by atoms with van der Waals surface area (Å²) in [6.07, 6.45) is -4.66. The van der Waals surface area contributed by atoms with E-state index in [0.29, 0.717) is 11.8 Å². The number of hydrogen-bond acceptors (Lipinski definition) is 3. The van der Waals surface area contributed by atoms with E-state index in [1.807, 2.05) is 4.72 Å². The standard InChI is InChI=1S/C16H15F3N2O3S/c1-21(13-7-3-2-4-8-13)15(22)11-20-25(23,24)14-9-5-6-12(10-14)16(17,18)19/h2-10,20H,11H2,1H3. The van der Waals surface area contributed by atoms with Crippen molar-refractivity contribution >= 4 is 21.6 Å². The van der Waals surface area contributed by atoms with Gasteiger partial charge in [0.05, 0.1) is 17.0 Å². The highest BCUT2D eigenvalue weighted by atomic mass is 32.2. The number of carbonyl (C=O) groups excluding carboxylic acids is 1. The van der Waals surface area contributed by atoms with Crippen molar-refractivity contribution in [2.24, 2.45) is 0 Å². The monoisotopic (exact) mass is 372 g/mol. The second-order valence-corrected chi connectivity index (χ2v) is 6.91. The van der Waals surface area contributed by atoms with E-state index < -0.39 is 39.1 Å². The molecule has 2 aromatic carbocycles. The van der Waals surface area contributed by atoms with Crippen molar-refractivity contribution in [3.05, 3.63) is 60.2 Å². The van der Waals surface area contributed by atoms with Crippen molar-refractivity contribution in [1.82, 2.24) is 4.72 Å². The molecule has 1 N–H and O–H groups in total. The first kappa shape index (κ1) is 18.9. The highest BCUT2D eigenvalue weighted by Crippen LogP contribution is 2.30. The molecule has 0 bridgehead atoms. The fraction of sp³-hybridized carbons (Fsp3) is 0.188. The summed E-state index contributed by atoms with van der Waals surface area (Å²) >= 11 is 0. The largest absolute Gasteiger partial charge is 0.416 e. The Morgan fingerprint density at radius 1 is 1.08 bits per heavy atom. The molecule has 0 saturated carbocycles. The molecule has 0 atom stereocenters. The Labute approximate surface area is 143 Å². The van der Waals surface area contributed by atoms with E-state index >= 15 is 0 Å². The van der Waals surface area contributed by atoms with Gasteiger partial charge in [-0.15, -0.1) is 0 Å². The maximum atomic E-state index is 12.7. The van der Waals surface area contributed by atoms with E-state index in [0.717, 1.165) is 18.2 Å². The van der Waals surface area contributed by atoms with Gasteiger partial charge in [0.2, 0.25) is 15.9 Å². The number of alkyl halides is 3. The van der Waals surface area contributed by atoms with E-state index in [1.165, 1.54) is 11.9 Å². The lowest BCUT2D eigenvalue weighted by Crippen LogP contribution is -2.38. The summed E-state index contributed by atoms with van der Waals surface area (Å²) in [7, 11) is -2.78. The third kappa shape index (κ3) is 4.80. The summed E-state index contributed by atoms with van der Waals surface area (Å²) in [5.74, 6) is -0.554. The molecular formula is C16H15F3N2O3S. The number of carbonyl (C=O) groups is 1. The number of rotatable bonds is 5. The Morgan fingerprint density at radius 2 is 1.72 bits per heavy atom. The number of benzene rings is 2. The smallest absolute Gasteiger partial charge is 0.314 e. The lowest BCUT2D eigenvalue weighted by molar-refractivity contribution is -0.137. The van der Waals surface area contributed by atoms with Crippen molar-refractivity contribution in [2.45, 2.75) is 11.1 Å². The van der Waals surface area contributed by atoms with E-state index in [9.17, 15) is 26.4 Å². The second-order valence-electron chi connectivity index (χ2n) is 5.14. The first-order valence-electron chi connectivity index (χ1n) is 7.10. The van der Waals surface area contributed by atoms with Gasteiger partial charge in [-0.2, -0.15) is 13.2 Å². The number of hydrogen-bond donors (Lipinski definition) is 1. The summed E-state index contributed by atoms with van der Waals surface area (Å²) in [5, 5.41) is 0. The van der Waals surface area contributed by atoms with Crippen LogP contribution in [0.25, 0.3) is 0 Å². The zero-order valence-electron chi connectivity index (χ0n) is 13.1. The Morgan fingerprint density at radius 3 is 2.32 bits per heavy atom. The van der Waals surface area contributed by atoms with Crippen molar-refractivity contribution in [3.8, 4) is 0 Å². The maximum absolute atomic E-state index is 12.7. The number of likely N-dealkylation sites (N-methyl/N-ethyl adjacent to an activating group) is 1. The molecule has 0 heterocycles. The van der Waals surface area contributed by atoms with Crippen molar-refractivity contribution in [1.29, 1.82) is 0 Å². The van der Waals surface area contributed by atoms with Crippen LogP contribution in [0.3, 0.4) is 0 Å². The van der Waals surface area contributed by atoms with Crippen molar-refractivity contribution in [2.75, 3.05) is 18.5 Å². The third-order valence-corrected chi connectivity index (χ3v) is 4.80. The van der Waals surface area contributed by atoms with E-state index in [2.05, 4.69) is 0 Å². The Bertz CT molecular complexity index is 852. The molecule has 5 nitrogen and oxygen atoms in total. The van der Waals surface area contributed by atoms with Gasteiger partial charge in [0.15, 0.2) is 0 Å². The van der Waals surface area contributed by atoms with Crippen LogP contribution in [0.15, 0.2) is 59.5 Å². The van der Waals surface area contributed by atoms with Gasteiger partial charge in [0, 0.05) is 12.7 Å². The van der Waals surface area contributed by atoms with Gasteiger partial charge in [0.1, 0.15) is 0 Å². The van der Waals surface area contributed by atoms with Crippen LogP contribution in [-0.2, 0) is 21.0 Å². The fourth-order valence-corrected chi connectivity index (χ4v) is 3.01. The van der Waals surface area contributed by atoms with E-state index in [-0.39, 0.29) is 0 Å². The number of anilines is 1. The zero-order valence-corrected chi connectivity index (χ0v) is 13.9. The molecule has 0 aliphatic heterocycles. The molecule has 134 valence electrons. The molecule has 2 aromatic rings. The lowest BCUT2D eigenvalue weighted by Gasteiger charge is -2.17. The molecule has 0 radical (unpaired) electrons. The molecule has 9 heteroatoms. The van der Waals surface area contributed by atoms with Crippen LogP contribution in [0.1, 0.15) is 5.56 Å². The normalized spacial score (nSPS) is 12.0. The molecule has 0 spiro atoms. The average Bonchev–Trinajstić information content (AvgIpc) is 2.59. The molecule has 0 fully saturated rings. The third-order valence-electron chi connectivity index (χ3n) is 3.40. The first-order chi connectivity index (χ1) is 11.6. The van der Waals surface area contributed by atoms with Gasteiger partial charge in [-0.25, -0.2) is 13.1 Å². The van der Waals surface area contributed by atoms with Crippen LogP contribution in [0.5, 0.6) is 0 Å². The topological polar surface area (TPSA) is 66.5 Å². The fourth-order valence-electron chi connectivity index (χ4n) is 1.99. The van der Waals surface area contributed by atoms with Gasteiger partial charge in [0.25, 0.3) is 0 Å². The van der Waals surface area contributed by atoms with Gasteiger partial charge >= 0.3 is 6.18 Å². The second kappa shape index (κ2) is 7.24. The summed E-state index contributed by atoms with van der Waals surface area (Å²) < 4.78 is 64.3. The van der Waals surface area contributed by atoms with E-state index in [1.54, 1.807) is 30.3 Å². The summed E-state index contributed by atoms with van der Waals surface area (Å²) in [6.45, 7) is -0.579. The number of sulfonamides is 1. The minimum absolute atomic E-state index is 0.522. The highest BCUT2D eigenvalue weighted by molar-refractivity contribution is 7.89. The summed E-state index contributed by atoms with van der Waals surface area (Å²) in [6, 6.07) is 11.8. The molecular weight excluding hydrogens is 357 g/mol. The van der Waals surface area contributed by atoms with E-state index in [4.69, 9.17) is 0 Å².